The molecule has 1 aromatic carbocycles. The molecular formula is C17H21N3O3. The zero-order chi connectivity index (χ0) is 16.0. The van der Waals surface area contributed by atoms with Gasteiger partial charge in [0.2, 0.25) is 0 Å². The summed E-state index contributed by atoms with van der Waals surface area (Å²) in [5.41, 5.74) is 2.51. The number of nitrogens with one attached hydrogen (secondary N) is 1. The number of aromatic nitrogens is 2. The highest BCUT2D eigenvalue weighted by Crippen LogP contribution is 2.43. The van der Waals surface area contributed by atoms with Crippen molar-refractivity contribution < 1.29 is 14.3 Å². The predicted molar refractivity (Wildman–Crippen MR) is 85.2 cm³/mol. The van der Waals surface area contributed by atoms with E-state index < -0.39 is 0 Å². The summed E-state index contributed by atoms with van der Waals surface area (Å²) in [5, 5.41) is 3.18. The Morgan fingerprint density at radius 2 is 2.39 bits per heavy atom. The number of ether oxygens (including phenoxy) is 2. The van der Waals surface area contributed by atoms with Crippen molar-refractivity contribution in [2.75, 3.05) is 20.3 Å². The summed E-state index contributed by atoms with van der Waals surface area (Å²) in [4.78, 5) is 16.9. The SMILES string of the molecule is COC[C@@H]1[C@H](NC(=O)c2ccc3c(c2)ncn3C)[C@@H]2CCO[C@H]12. The molecule has 1 aliphatic carbocycles. The highest BCUT2D eigenvalue weighted by Gasteiger charge is 2.54. The van der Waals surface area contributed by atoms with E-state index in [1.807, 2.05) is 29.8 Å². The number of hydrogen-bond donors (Lipinski definition) is 1. The molecule has 2 aliphatic rings. The van der Waals surface area contributed by atoms with Crippen LogP contribution in [0.4, 0.5) is 0 Å². The van der Waals surface area contributed by atoms with Crippen molar-refractivity contribution >= 4 is 16.9 Å². The third kappa shape index (κ3) is 2.33. The monoisotopic (exact) mass is 315 g/mol. The van der Waals surface area contributed by atoms with Crippen LogP contribution in [0.25, 0.3) is 11.0 Å². The fourth-order valence-electron chi connectivity index (χ4n) is 3.95. The molecule has 6 nitrogen and oxygen atoms in total. The van der Waals surface area contributed by atoms with Gasteiger partial charge in [0.25, 0.3) is 5.91 Å². The molecule has 0 spiro atoms. The molecule has 6 heteroatoms. The molecular weight excluding hydrogens is 294 g/mol. The summed E-state index contributed by atoms with van der Waals surface area (Å²) in [6.07, 6.45) is 3.00. The van der Waals surface area contributed by atoms with Gasteiger partial charge < -0.3 is 19.4 Å². The highest BCUT2D eigenvalue weighted by molar-refractivity contribution is 5.97. The molecule has 122 valence electrons. The molecule has 0 bridgehead atoms. The van der Waals surface area contributed by atoms with E-state index >= 15 is 0 Å². The number of fused-ring (bicyclic) bond motifs is 2. The Hall–Kier alpha value is -1.92. The van der Waals surface area contributed by atoms with E-state index in [-0.39, 0.29) is 24.0 Å². The number of imidazole rings is 1. The van der Waals surface area contributed by atoms with Crippen LogP contribution < -0.4 is 5.32 Å². The van der Waals surface area contributed by atoms with Gasteiger partial charge in [0.05, 0.1) is 30.1 Å². The molecule has 1 amide bonds. The summed E-state index contributed by atoms with van der Waals surface area (Å²) in [5.74, 6) is 0.613. The van der Waals surface area contributed by atoms with Crippen LogP contribution in [0.15, 0.2) is 24.5 Å². The summed E-state index contributed by atoms with van der Waals surface area (Å²) in [7, 11) is 3.63. The van der Waals surface area contributed by atoms with Crippen LogP contribution in [0.5, 0.6) is 0 Å². The van der Waals surface area contributed by atoms with E-state index in [0.717, 1.165) is 24.1 Å². The van der Waals surface area contributed by atoms with Crippen LogP contribution in [-0.2, 0) is 16.5 Å². The third-order valence-corrected chi connectivity index (χ3v) is 5.17. The number of amides is 1. The maximum Gasteiger partial charge on any atom is 0.251 e. The lowest BCUT2D eigenvalue weighted by Gasteiger charge is -2.47. The first-order valence-corrected chi connectivity index (χ1v) is 8.01. The maximum absolute atomic E-state index is 12.6. The van der Waals surface area contributed by atoms with E-state index in [4.69, 9.17) is 9.47 Å². The molecule has 23 heavy (non-hydrogen) atoms. The van der Waals surface area contributed by atoms with E-state index in [1.54, 1.807) is 13.4 Å². The molecule has 2 fully saturated rings. The smallest absolute Gasteiger partial charge is 0.251 e. The number of carbonyl (C=O) groups is 1. The fourth-order valence-corrected chi connectivity index (χ4v) is 3.95. The van der Waals surface area contributed by atoms with Crippen molar-refractivity contribution in [2.45, 2.75) is 18.6 Å². The predicted octanol–water partition coefficient (Wildman–Crippen LogP) is 1.35. The first-order chi connectivity index (χ1) is 11.2. The first kappa shape index (κ1) is 14.7. The molecule has 1 N–H and O–H groups in total. The number of aryl methyl sites for hydroxylation is 1. The minimum absolute atomic E-state index is 0.0472. The number of methoxy groups -OCH3 is 1. The van der Waals surface area contributed by atoms with Gasteiger partial charge in [-0.2, -0.15) is 0 Å². The van der Waals surface area contributed by atoms with Crippen LogP contribution >= 0.6 is 0 Å². The van der Waals surface area contributed by atoms with Crippen molar-refractivity contribution in [1.29, 1.82) is 0 Å². The highest BCUT2D eigenvalue weighted by atomic mass is 16.5. The van der Waals surface area contributed by atoms with Gasteiger partial charge in [-0.1, -0.05) is 0 Å². The minimum Gasteiger partial charge on any atom is -0.384 e. The zero-order valence-corrected chi connectivity index (χ0v) is 13.4. The van der Waals surface area contributed by atoms with Crippen LogP contribution in [0, 0.1) is 11.8 Å². The number of carbonyl (C=O) groups excluding carboxylic acids is 1. The van der Waals surface area contributed by atoms with Crippen molar-refractivity contribution in [3.63, 3.8) is 0 Å². The van der Waals surface area contributed by atoms with Crippen LogP contribution in [-0.4, -0.2) is 47.9 Å². The molecule has 2 heterocycles. The second-order valence-corrected chi connectivity index (χ2v) is 6.47. The normalized spacial score (nSPS) is 29.3. The lowest BCUT2D eigenvalue weighted by molar-refractivity contribution is -0.0809. The third-order valence-electron chi connectivity index (χ3n) is 5.17. The van der Waals surface area contributed by atoms with Gasteiger partial charge in [-0.05, 0) is 24.6 Å². The average Bonchev–Trinajstić information content (AvgIpc) is 3.14. The Kier molecular flexibility index (Phi) is 3.58. The minimum atomic E-state index is -0.0472. The first-order valence-electron chi connectivity index (χ1n) is 8.01. The van der Waals surface area contributed by atoms with Gasteiger partial charge in [0.15, 0.2) is 0 Å². The number of rotatable bonds is 4. The van der Waals surface area contributed by atoms with E-state index in [2.05, 4.69) is 10.3 Å². The summed E-state index contributed by atoms with van der Waals surface area (Å²) < 4.78 is 13.0. The lowest BCUT2D eigenvalue weighted by Crippen LogP contribution is -2.62. The molecule has 0 unspecified atom stereocenters. The van der Waals surface area contributed by atoms with Gasteiger partial charge in [-0.3, -0.25) is 4.79 Å². The summed E-state index contributed by atoms with van der Waals surface area (Å²) >= 11 is 0. The van der Waals surface area contributed by atoms with Crippen LogP contribution in [0.1, 0.15) is 16.8 Å². The topological polar surface area (TPSA) is 65.4 Å². The van der Waals surface area contributed by atoms with Gasteiger partial charge in [0, 0.05) is 44.2 Å². The zero-order valence-electron chi connectivity index (χ0n) is 13.4. The number of nitrogens with zero attached hydrogens (tertiary/aromatic N) is 2. The Morgan fingerprint density at radius 3 is 3.22 bits per heavy atom. The molecule has 0 radical (unpaired) electrons. The Balaban J connectivity index is 1.51. The maximum atomic E-state index is 12.6. The molecule has 4 atom stereocenters. The van der Waals surface area contributed by atoms with Gasteiger partial charge in [-0.25, -0.2) is 4.98 Å². The van der Waals surface area contributed by atoms with Crippen molar-refractivity contribution in [3.8, 4) is 0 Å². The Morgan fingerprint density at radius 1 is 1.52 bits per heavy atom. The summed E-state index contributed by atoms with van der Waals surface area (Å²) in [6, 6.07) is 5.77. The molecule has 1 aromatic heterocycles. The summed E-state index contributed by atoms with van der Waals surface area (Å²) in [6.45, 7) is 1.40. The van der Waals surface area contributed by atoms with E-state index in [9.17, 15) is 4.79 Å². The molecule has 4 rings (SSSR count). The van der Waals surface area contributed by atoms with Crippen molar-refractivity contribution in [3.05, 3.63) is 30.1 Å². The largest absolute Gasteiger partial charge is 0.384 e. The van der Waals surface area contributed by atoms with Crippen molar-refractivity contribution in [1.82, 2.24) is 14.9 Å². The van der Waals surface area contributed by atoms with Gasteiger partial charge in [0.1, 0.15) is 0 Å². The second-order valence-electron chi connectivity index (χ2n) is 6.47. The fraction of sp³-hybridized carbons (Fsp3) is 0.529. The average molecular weight is 315 g/mol. The number of hydrogen-bond acceptors (Lipinski definition) is 4. The van der Waals surface area contributed by atoms with Crippen LogP contribution in [0.2, 0.25) is 0 Å². The van der Waals surface area contributed by atoms with E-state index in [0.29, 0.717) is 18.1 Å². The van der Waals surface area contributed by atoms with Gasteiger partial charge in [-0.15, -0.1) is 0 Å². The Labute approximate surface area is 134 Å². The molecule has 1 saturated carbocycles. The van der Waals surface area contributed by atoms with Crippen LogP contribution in [0.3, 0.4) is 0 Å². The standard InChI is InChI=1S/C17H21N3O3/c1-20-9-18-13-7-10(3-4-14(13)20)17(21)19-15-11-5-6-23-16(11)12(15)8-22-2/h3-4,7,9,11-12,15-16H,5-6,8H2,1-2H3,(H,19,21)/t11-,12+,15+,16-/m0/s1. The molecule has 1 aliphatic heterocycles. The van der Waals surface area contributed by atoms with Crippen molar-refractivity contribution in [2.24, 2.45) is 18.9 Å². The quantitative estimate of drug-likeness (QED) is 0.925. The lowest BCUT2D eigenvalue weighted by atomic mass is 9.67. The van der Waals surface area contributed by atoms with E-state index in [1.165, 1.54) is 0 Å². The Bertz CT molecular complexity index is 742. The molecule has 2 aromatic rings. The van der Waals surface area contributed by atoms with Gasteiger partial charge >= 0.3 is 0 Å². The second kappa shape index (κ2) is 5.62. The number of benzene rings is 1. The molecule has 1 saturated heterocycles.